The maximum atomic E-state index is 11.2. The smallest absolute Gasteiger partial charge is 0.236 e. The van der Waals surface area contributed by atoms with Crippen molar-refractivity contribution in [1.82, 2.24) is 5.32 Å². The molecule has 84 valence electrons. The minimum Gasteiger partial charge on any atom is -0.355 e. The van der Waals surface area contributed by atoms with Crippen LogP contribution in [0.25, 0.3) is 0 Å². The quantitative estimate of drug-likeness (QED) is 0.614. The Bertz CT molecular complexity index is 157. The van der Waals surface area contributed by atoms with E-state index in [9.17, 15) is 4.79 Å². The van der Waals surface area contributed by atoms with E-state index in [4.69, 9.17) is 5.73 Å². The van der Waals surface area contributed by atoms with Crippen molar-refractivity contribution in [3.63, 3.8) is 0 Å². The highest BCUT2D eigenvalue weighted by Crippen LogP contribution is 2.05. The predicted octanol–water partition coefficient (Wildman–Crippen LogP) is 1.67. The second-order valence-electron chi connectivity index (χ2n) is 4.20. The van der Waals surface area contributed by atoms with E-state index in [1.807, 2.05) is 6.92 Å². The lowest BCUT2D eigenvalue weighted by molar-refractivity contribution is -0.122. The van der Waals surface area contributed by atoms with Gasteiger partial charge in [-0.15, -0.1) is 0 Å². The molecule has 3 nitrogen and oxygen atoms in total. The Hall–Kier alpha value is -0.570. The Labute approximate surface area is 87.4 Å². The highest BCUT2D eigenvalue weighted by atomic mass is 16.2. The van der Waals surface area contributed by atoms with Gasteiger partial charge in [-0.2, -0.15) is 0 Å². The summed E-state index contributed by atoms with van der Waals surface area (Å²) in [6.07, 6.45) is 4.17. The molecule has 0 aliphatic rings. The van der Waals surface area contributed by atoms with Crippen LogP contribution in [0, 0.1) is 5.92 Å². The minimum atomic E-state index is -0.333. The van der Waals surface area contributed by atoms with Gasteiger partial charge in [-0.05, 0) is 18.8 Å². The van der Waals surface area contributed by atoms with Crippen LogP contribution in [0.2, 0.25) is 0 Å². The summed E-state index contributed by atoms with van der Waals surface area (Å²) in [6, 6.07) is -0.333. The van der Waals surface area contributed by atoms with Crippen molar-refractivity contribution in [3.05, 3.63) is 0 Å². The highest BCUT2D eigenvalue weighted by molar-refractivity contribution is 5.81. The van der Waals surface area contributed by atoms with Gasteiger partial charge >= 0.3 is 0 Å². The van der Waals surface area contributed by atoms with Gasteiger partial charge in [0.25, 0.3) is 0 Å². The number of carbonyl (C=O) groups excluding carboxylic acids is 1. The molecular weight excluding hydrogens is 176 g/mol. The Morgan fingerprint density at radius 3 is 2.50 bits per heavy atom. The number of amides is 1. The summed E-state index contributed by atoms with van der Waals surface area (Å²) < 4.78 is 0. The molecule has 0 radical (unpaired) electrons. The van der Waals surface area contributed by atoms with E-state index in [1.165, 1.54) is 12.8 Å². The summed E-state index contributed by atoms with van der Waals surface area (Å²) >= 11 is 0. The lowest BCUT2D eigenvalue weighted by atomic mass is 10.1. The van der Waals surface area contributed by atoms with Crippen molar-refractivity contribution < 1.29 is 4.79 Å². The van der Waals surface area contributed by atoms with Crippen LogP contribution < -0.4 is 11.1 Å². The van der Waals surface area contributed by atoms with Gasteiger partial charge < -0.3 is 11.1 Å². The van der Waals surface area contributed by atoms with E-state index in [2.05, 4.69) is 19.2 Å². The number of carbonyl (C=O) groups is 1. The lowest BCUT2D eigenvalue weighted by Crippen LogP contribution is -2.40. The number of hydrogen-bond donors (Lipinski definition) is 2. The Balaban J connectivity index is 3.32. The van der Waals surface area contributed by atoms with E-state index in [-0.39, 0.29) is 11.9 Å². The molecule has 0 aliphatic carbocycles. The first-order valence-electron chi connectivity index (χ1n) is 5.61. The summed E-state index contributed by atoms with van der Waals surface area (Å²) in [5.41, 5.74) is 5.57. The molecule has 0 heterocycles. The van der Waals surface area contributed by atoms with Gasteiger partial charge in [-0.3, -0.25) is 4.79 Å². The van der Waals surface area contributed by atoms with Crippen molar-refractivity contribution in [2.75, 3.05) is 6.54 Å². The first kappa shape index (κ1) is 13.4. The van der Waals surface area contributed by atoms with E-state index in [0.29, 0.717) is 6.42 Å². The fourth-order valence-corrected chi connectivity index (χ4v) is 1.21. The fraction of sp³-hybridized carbons (Fsp3) is 0.909. The van der Waals surface area contributed by atoms with Crippen LogP contribution in [0.1, 0.15) is 46.5 Å². The molecule has 0 spiro atoms. The minimum absolute atomic E-state index is 0.0166. The molecule has 0 fully saturated rings. The zero-order valence-corrected chi connectivity index (χ0v) is 9.68. The molecule has 0 rings (SSSR count). The zero-order valence-electron chi connectivity index (χ0n) is 9.68. The van der Waals surface area contributed by atoms with Gasteiger partial charge in [0.2, 0.25) is 5.91 Å². The molecule has 1 atom stereocenters. The number of nitrogens with two attached hydrogens (primary N) is 1. The maximum Gasteiger partial charge on any atom is 0.236 e. The number of hydrogen-bond acceptors (Lipinski definition) is 2. The predicted molar refractivity (Wildman–Crippen MR) is 60.0 cm³/mol. The van der Waals surface area contributed by atoms with Crippen LogP contribution in [0.5, 0.6) is 0 Å². The second-order valence-corrected chi connectivity index (χ2v) is 4.20. The molecule has 0 aliphatic heterocycles. The van der Waals surface area contributed by atoms with Gasteiger partial charge in [-0.1, -0.05) is 33.6 Å². The van der Waals surface area contributed by atoms with Gasteiger partial charge in [0.1, 0.15) is 0 Å². The normalized spacial score (nSPS) is 12.9. The lowest BCUT2D eigenvalue weighted by Gasteiger charge is -2.10. The van der Waals surface area contributed by atoms with E-state index < -0.39 is 0 Å². The number of nitrogens with one attached hydrogen (secondary N) is 1. The molecule has 0 unspecified atom stereocenters. The fourth-order valence-electron chi connectivity index (χ4n) is 1.21. The monoisotopic (exact) mass is 200 g/mol. The van der Waals surface area contributed by atoms with Gasteiger partial charge in [-0.25, -0.2) is 0 Å². The highest BCUT2D eigenvalue weighted by Gasteiger charge is 2.08. The summed E-state index contributed by atoms with van der Waals surface area (Å²) in [5, 5.41) is 2.84. The first-order valence-corrected chi connectivity index (χ1v) is 5.61. The first-order chi connectivity index (χ1) is 6.57. The van der Waals surface area contributed by atoms with Gasteiger partial charge in [0.15, 0.2) is 0 Å². The molecule has 1 amide bonds. The van der Waals surface area contributed by atoms with Crippen molar-refractivity contribution in [3.8, 4) is 0 Å². The molecule has 0 aromatic heterocycles. The van der Waals surface area contributed by atoms with Crippen LogP contribution >= 0.6 is 0 Å². The third-order valence-electron chi connectivity index (χ3n) is 2.28. The average Bonchev–Trinajstić information content (AvgIpc) is 2.15. The maximum absolute atomic E-state index is 11.2. The largest absolute Gasteiger partial charge is 0.355 e. The summed E-state index contributed by atoms with van der Waals surface area (Å²) in [7, 11) is 0. The number of unbranched alkanes of at least 4 members (excludes halogenated alkanes) is 1. The van der Waals surface area contributed by atoms with Crippen molar-refractivity contribution in [1.29, 1.82) is 0 Å². The van der Waals surface area contributed by atoms with Crippen LogP contribution in [0.3, 0.4) is 0 Å². The van der Waals surface area contributed by atoms with Gasteiger partial charge in [0, 0.05) is 6.54 Å². The van der Waals surface area contributed by atoms with Crippen LogP contribution in [0.4, 0.5) is 0 Å². The molecular formula is C11H24N2O. The molecule has 3 heteroatoms. The van der Waals surface area contributed by atoms with E-state index in [0.717, 1.165) is 18.9 Å². The van der Waals surface area contributed by atoms with Crippen LogP contribution in [-0.4, -0.2) is 18.5 Å². The zero-order chi connectivity index (χ0) is 11.0. The second kappa shape index (κ2) is 7.80. The average molecular weight is 200 g/mol. The van der Waals surface area contributed by atoms with Crippen LogP contribution in [0.15, 0.2) is 0 Å². The third-order valence-corrected chi connectivity index (χ3v) is 2.28. The molecule has 0 aromatic carbocycles. The van der Waals surface area contributed by atoms with Crippen molar-refractivity contribution in [2.45, 2.75) is 52.5 Å². The van der Waals surface area contributed by atoms with Gasteiger partial charge in [0.05, 0.1) is 6.04 Å². The Morgan fingerprint density at radius 2 is 2.00 bits per heavy atom. The van der Waals surface area contributed by atoms with Crippen LogP contribution in [-0.2, 0) is 4.79 Å². The molecule has 0 aromatic rings. The van der Waals surface area contributed by atoms with E-state index >= 15 is 0 Å². The molecule has 0 saturated carbocycles. The number of rotatable bonds is 7. The van der Waals surface area contributed by atoms with Crippen molar-refractivity contribution >= 4 is 5.91 Å². The SMILES string of the molecule is CC[C@H](N)C(=O)NCCCCC(C)C. The topological polar surface area (TPSA) is 55.1 Å². The third kappa shape index (κ3) is 6.89. The molecule has 0 saturated heterocycles. The standard InChI is InChI=1S/C11H24N2O/c1-4-10(12)11(14)13-8-6-5-7-9(2)3/h9-10H,4-8,12H2,1-3H3,(H,13,14)/t10-/m0/s1. The summed E-state index contributed by atoms with van der Waals surface area (Å²) in [6.45, 7) is 7.11. The summed E-state index contributed by atoms with van der Waals surface area (Å²) in [4.78, 5) is 11.2. The summed E-state index contributed by atoms with van der Waals surface area (Å²) in [5.74, 6) is 0.737. The molecule has 3 N–H and O–H groups in total. The van der Waals surface area contributed by atoms with E-state index in [1.54, 1.807) is 0 Å². The molecule has 0 bridgehead atoms. The molecule has 14 heavy (non-hydrogen) atoms. The van der Waals surface area contributed by atoms with Crippen molar-refractivity contribution in [2.24, 2.45) is 11.7 Å². The Kier molecular flexibility index (Phi) is 7.48. The Morgan fingerprint density at radius 1 is 1.36 bits per heavy atom.